The normalized spacial score (nSPS) is 24.0. The second-order valence-electron chi connectivity index (χ2n) is 4.59. The second kappa shape index (κ2) is 4.98. The maximum Gasteiger partial charge on any atom is 0.127 e. The summed E-state index contributed by atoms with van der Waals surface area (Å²) in [7, 11) is 0. The molecule has 0 radical (unpaired) electrons. The molecular formula is C13H17N3. The van der Waals surface area contributed by atoms with Gasteiger partial charge in [-0.2, -0.15) is 5.26 Å². The third-order valence-electron chi connectivity index (χ3n) is 3.47. The van der Waals surface area contributed by atoms with Gasteiger partial charge in [0.2, 0.25) is 0 Å². The molecule has 0 spiro atoms. The highest BCUT2D eigenvalue weighted by Crippen LogP contribution is 2.31. The van der Waals surface area contributed by atoms with E-state index in [1.807, 2.05) is 0 Å². The number of aromatic nitrogens is 1. The van der Waals surface area contributed by atoms with Gasteiger partial charge in [0.05, 0.1) is 11.6 Å². The van der Waals surface area contributed by atoms with Crippen molar-refractivity contribution in [3.8, 4) is 6.07 Å². The molecule has 1 aromatic rings. The van der Waals surface area contributed by atoms with Gasteiger partial charge < -0.3 is 5.32 Å². The molecular weight excluding hydrogens is 198 g/mol. The molecule has 0 amide bonds. The van der Waals surface area contributed by atoms with Gasteiger partial charge in [-0.05, 0) is 30.4 Å². The summed E-state index contributed by atoms with van der Waals surface area (Å²) < 4.78 is 0. The monoisotopic (exact) mass is 215 g/mol. The van der Waals surface area contributed by atoms with E-state index in [0.29, 0.717) is 5.56 Å². The van der Waals surface area contributed by atoms with Gasteiger partial charge in [0.25, 0.3) is 0 Å². The lowest BCUT2D eigenvalue weighted by Gasteiger charge is -2.16. The summed E-state index contributed by atoms with van der Waals surface area (Å²) in [6.07, 6.45) is 5.68. The van der Waals surface area contributed by atoms with Crippen molar-refractivity contribution in [1.29, 1.82) is 5.26 Å². The van der Waals surface area contributed by atoms with Crippen molar-refractivity contribution in [3.63, 3.8) is 0 Å². The van der Waals surface area contributed by atoms with E-state index in [0.717, 1.165) is 24.2 Å². The van der Waals surface area contributed by atoms with Crippen LogP contribution in [0.1, 0.15) is 31.7 Å². The molecule has 1 aliphatic rings. The summed E-state index contributed by atoms with van der Waals surface area (Å²) in [4.78, 5) is 4.21. The Morgan fingerprint density at radius 2 is 2.44 bits per heavy atom. The first-order valence-electron chi connectivity index (χ1n) is 5.89. The molecule has 3 nitrogen and oxygen atoms in total. The third-order valence-corrected chi connectivity index (χ3v) is 3.47. The van der Waals surface area contributed by atoms with E-state index in [2.05, 4.69) is 23.3 Å². The summed E-state index contributed by atoms with van der Waals surface area (Å²) in [5, 5.41) is 12.1. The average molecular weight is 215 g/mol. The predicted octanol–water partition coefficient (Wildman–Crippen LogP) is 2.80. The van der Waals surface area contributed by atoms with Gasteiger partial charge >= 0.3 is 0 Å². The Kier molecular flexibility index (Phi) is 3.40. The molecule has 1 aromatic heterocycles. The standard InChI is InChI=1S/C13H17N3/c1-10-3-2-4-12(10)9-16-13-7-11(8-14)5-6-15-13/h5-7,10,12H,2-4,9H2,1H3,(H,15,16). The van der Waals surface area contributed by atoms with Gasteiger partial charge in [0, 0.05) is 12.7 Å². The van der Waals surface area contributed by atoms with E-state index in [4.69, 9.17) is 5.26 Å². The van der Waals surface area contributed by atoms with E-state index >= 15 is 0 Å². The Labute approximate surface area is 96.5 Å². The van der Waals surface area contributed by atoms with Crippen LogP contribution >= 0.6 is 0 Å². The Balaban J connectivity index is 1.92. The first kappa shape index (κ1) is 10.9. The van der Waals surface area contributed by atoms with E-state index in [9.17, 15) is 0 Å². The zero-order valence-corrected chi connectivity index (χ0v) is 9.61. The molecule has 2 rings (SSSR count). The quantitative estimate of drug-likeness (QED) is 0.843. The molecule has 1 saturated carbocycles. The van der Waals surface area contributed by atoms with Crippen molar-refractivity contribution < 1.29 is 0 Å². The first-order valence-corrected chi connectivity index (χ1v) is 5.89. The fourth-order valence-corrected chi connectivity index (χ4v) is 2.36. The Morgan fingerprint density at radius 3 is 3.12 bits per heavy atom. The van der Waals surface area contributed by atoms with Crippen molar-refractivity contribution in [2.45, 2.75) is 26.2 Å². The fourth-order valence-electron chi connectivity index (χ4n) is 2.36. The molecule has 16 heavy (non-hydrogen) atoms. The van der Waals surface area contributed by atoms with Crippen LogP contribution in [0.4, 0.5) is 5.82 Å². The third kappa shape index (κ3) is 2.52. The highest BCUT2D eigenvalue weighted by molar-refractivity contribution is 5.42. The number of nitrogens with one attached hydrogen (secondary N) is 1. The molecule has 3 heteroatoms. The van der Waals surface area contributed by atoms with Gasteiger partial charge in [0.1, 0.15) is 5.82 Å². The minimum atomic E-state index is 0.664. The van der Waals surface area contributed by atoms with Crippen LogP contribution in [-0.4, -0.2) is 11.5 Å². The van der Waals surface area contributed by atoms with Crippen molar-refractivity contribution >= 4 is 5.82 Å². The molecule has 2 unspecified atom stereocenters. The summed E-state index contributed by atoms with van der Waals surface area (Å²) in [6, 6.07) is 5.65. The number of hydrogen-bond donors (Lipinski definition) is 1. The summed E-state index contributed by atoms with van der Waals surface area (Å²) >= 11 is 0. The van der Waals surface area contributed by atoms with Crippen LogP contribution in [0.25, 0.3) is 0 Å². The lowest BCUT2D eigenvalue weighted by molar-refractivity contribution is 0.439. The van der Waals surface area contributed by atoms with Crippen molar-refractivity contribution in [2.75, 3.05) is 11.9 Å². The largest absolute Gasteiger partial charge is 0.370 e. The van der Waals surface area contributed by atoms with E-state index < -0.39 is 0 Å². The Morgan fingerprint density at radius 1 is 1.56 bits per heavy atom. The van der Waals surface area contributed by atoms with Crippen molar-refractivity contribution in [2.24, 2.45) is 11.8 Å². The van der Waals surface area contributed by atoms with Gasteiger partial charge in [-0.1, -0.05) is 19.8 Å². The molecule has 0 saturated heterocycles. The van der Waals surface area contributed by atoms with Crippen LogP contribution in [0.5, 0.6) is 0 Å². The molecule has 1 aliphatic carbocycles. The highest BCUT2D eigenvalue weighted by Gasteiger charge is 2.22. The number of anilines is 1. The van der Waals surface area contributed by atoms with Crippen LogP contribution in [0.3, 0.4) is 0 Å². The first-order chi connectivity index (χ1) is 7.79. The summed E-state index contributed by atoms with van der Waals surface area (Å²) in [5.74, 6) is 2.39. The van der Waals surface area contributed by atoms with Crippen molar-refractivity contribution in [1.82, 2.24) is 4.98 Å². The van der Waals surface area contributed by atoms with Crippen molar-refractivity contribution in [3.05, 3.63) is 23.9 Å². The molecule has 0 aromatic carbocycles. The predicted molar refractivity (Wildman–Crippen MR) is 63.9 cm³/mol. The van der Waals surface area contributed by atoms with E-state index in [1.54, 1.807) is 18.3 Å². The van der Waals surface area contributed by atoms with Crippen LogP contribution in [0, 0.1) is 23.2 Å². The fraction of sp³-hybridized carbons (Fsp3) is 0.538. The number of nitrogens with zero attached hydrogens (tertiary/aromatic N) is 2. The van der Waals surface area contributed by atoms with Gasteiger partial charge in [-0.25, -0.2) is 4.98 Å². The number of hydrogen-bond acceptors (Lipinski definition) is 3. The molecule has 2 atom stereocenters. The summed E-state index contributed by atoms with van der Waals surface area (Å²) in [6.45, 7) is 3.29. The average Bonchev–Trinajstić information content (AvgIpc) is 2.72. The zero-order valence-electron chi connectivity index (χ0n) is 9.61. The van der Waals surface area contributed by atoms with Crippen LogP contribution < -0.4 is 5.32 Å². The van der Waals surface area contributed by atoms with E-state index in [1.165, 1.54) is 19.3 Å². The SMILES string of the molecule is CC1CCCC1CNc1cc(C#N)ccn1. The minimum Gasteiger partial charge on any atom is -0.370 e. The Hall–Kier alpha value is -1.56. The number of pyridine rings is 1. The summed E-state index contributed by atoms with van der Waals surface area (Å²) in [5.41, 5.74) is 0.664. The lowest BCUT2D eigenvalue weighted by Crippen LogP contribution is -2.16. The maximum atomic E-state index is 8.78. The van der Waals surface area contributed by atoms with Crippen LogP contribution in [0.15, 0.2) is 18.3 Å². The van der Waals surface area contributed by atoms with Crippen LogP contribution in [0.2, 0.25) is 0 Å². The zero-order chi connectivity index (χ0) is 11.4. The molecule has 1 fully saturated rings. The molecule has 0 bridgehead atoms. The topological polar surface area (TPSA) is 48.7 Å². The van der Waals surface area contributed by atoms with Crippen LogP contribution in [-0.2, 0) is 0 Å². The minimum absolute atomic E-state index is 0.664. The molecule has 0 aliphatic heterocycles. The molecule has 1 N–H and O–H groups in total. The van der Waals surface area contributed by atoms with Gasteiger partial charge in [-0.15, -0.1) is 0 Å². The number of nitriles is 1. The van der Waals surface area contributed by atoms with Gasteiger partial charge in [0.15, 0.2) is 0 Å². The second-order valence-corrected chi connectivity index (χ2v) is 4.59. The lowest BCUT2D eigenvalue weighted by atomic mass is 9.98. The molecule has 1 heterocycles. The smallest absolute Gasteiger partial charge is 0.127 e. The highest BCUT2D eigenvalue weighted by atomic mass is 15.0. The van der Waals surface area contributed by atoms with E-state index in [-0.39, 0.29) is 0 Å². The molecule has 84 valence electrons. The maximum absolute atomic E-state index is 8.78. The van der Waals surface area contributed by atoms with Gasteiger partial charge in [-0.3, -0.25) is 0 Å². The number of rotatable bonds is 3. The Bertz CT molecular complexity index is 394.